The molecule has 0 heterocycles. The van der Waals surface area contributed by atoms with Gasteiger partial charge in [-0.2, -0.15) is 0 Å². The van der Waals surface area contributed by atoms with E-state index in [1.165, 1.54) is 12.1 Å². The number of benzene rings is 1. The maximum atomic E-state index is 13.1. The number of ether oxygens (including phenoxy) is 1. The molecule has 0 aromatic heterocycles. The van der Waals surface area contributed by atoms with E-state index in [1.54, 1.807) is 12.1 Å². The van der Waals surface area contributed by atoms with Crippen LogP contribution < -0.4 is 10.1 Å². The largest absolute Gasteiger partial charge is 0.489 e. The van der Waals surface area contributed by atoms with E-state index >= 15 is 0 Å². The zero-order chi connectivity index (χ0) is 16.8. The molecule has 5 nitrogen and oxygen atoms in total. The molecule has 1 aromatic rings. The molecule has 2 N–H and O–H groups in total. The minimum Gasteiger partial charge on any atom is -0.489 e. The summed E-state index contributed by atoms with van der Waals surface area (Å²) in [5.74, 6) is -1.57. The third-order valence-corrected chi connectivity index (χ3v) is 4.21. The molecule has 0 radical (unpaired) electrons. The summed E-state index contributed by atoms with van der Waals surface area (Å²) in [4.78, 5) is 23.1. The Bertz CT molecular complexity index is 563. The van der Waals surface area contributed by atoms with Crippen molar-refractivity contribution in [3.8, 4) is 5.75 Å². The van der Waals surface area contributed by atoms with E-state index in [0.29, 0.717) is 38.0 Å². The van der Waals surface area contributed by atoms with Crippen LogP contribution in [0.3, 0.4) is 0 Å². The van der Waals surface area contributed by atoms with Gasteiger partial charge in [0.1, 0.15) is 17.7 Å². The van der Waals surface area contributed by atoms with E-state index in [2.05, 4.69) is 5.32 Å². The number of halogens is 1. The molecule has 1 aromatic carbocycles. The van der Waals surface area contributed by atoms with Crippen molar-refractivity contribution in [2.45, 2.75) is 38.7 Å². The van der Waals surface area contributed by atoms with Gasteiger partial charge in [0.2, 0.25) is 5.91 Å². The number of rotatable bonds is 7. The van der Waals surface area contributed by atoms with Crippen LogP contribution in [0.5, 0.6) is 5.75 Å². The fourth-order valence-electron chi connectivity index (χ4n) is 2.80. The first-order valence-electron chi connectivity index (χ1n) is 7.92. The molecule has 0 aliphatic heterocycles. The number of aliphatic carboxylic acids is 1. The van der Waals surface area contributed by atoms with E-state index in [0.717, 1.165) is 0 Å². The number of carboxylic acid groups (broad SMARTS) is 1. The highest BCUT2D eigenvalue weighted by Gasteiger charge is 2.33. The minimum absolute atomic E-state index is 0.130. The smallest absolute Gasteiger partial charge is 0.306 e. The van der Waals surface area contributed by atoms with Gasteiger partial charge in [-0.3, -0.25) is 9.59 Å². The first kappa shape index (κ1) is 17.2. The summed E-state index contributed by atoms with van der Waals surface area (Å²) >= 11 is 0. The second kappa shape index (κ2) is 7.94. The molecule has 23 heavy (non-hydrogen) atoms. The minimum atomic E-state index is -0.832. The molecule has 1 amide bonds. The molecule has 1 unspecified atom stereocenters. The highest BCUT2D eigenvalue weighted by atomic mass is 19.1. The lowest BCUT2D eigenvalue weighted by molar-refractivity contribution is -0.141. The molecule has 1 aliphatic rings. The van der Waals surface area contributed by atoms with Crippen LogP contribution in [0.15, 0.2) is 24.3 Å². The Kier molecular flexibility index (Phi) is 5.96. The van der Waals surface area contributed by atoms with Crippen molar-refractivity contribution in [1.29, 1.82) is 0 Å². The third-order valence-electron chi connectivity index (χ3n) is 4.21. The van der Waals surface area contributed by atoms with Gasteiger partial charge >= 0.3 is 5.97 Å². The number of hydrogen-bond acceptors (Lipinski definition) is 3. The summed E-state index contributed by atoms with van der Waals surface area (Å²) in [6.45, 7) is 2.24. The van der Waals surface area contributed by atoms with Crippen LogP contribution in [0.4, 0.5) is 4.39 Å². The summed E-state index contributed by atoms with van der Waals surface area (Å²) in [6.07, 6.45) is 1.95. The Morgan fingerprint density at radius 3 is 2.74 bits per heavy atom. The summed E-state index contributed by atoms with van der Waals surface area (Å²) in [5, 5.41) is 11.8. The van der Waals surface area contributed by atoms with Crippen LogP contribution in [-0.4, -0.2) is 29.6 Å². The molecule has 0 spiro atoms. The van der Waals surface area contributed by atoms with Crippen molar-refractivity contribution in [1.82, 2.24) is 5.32 Å². The van der Waals surface area contributed by atoms with Crippen LogP contribution in [0.2, 0.25) is 0 Å². The van der Waals surface area contributed by atoms with Crippen molar-refractivity contribution in [2.24, 2.45) is 11.8 Å². The lowest BCUT2D eigenvalue weighted by atomic mass is 10.0. The van der Waals surface area contributed by atoms with Crippen molar-refractivity contribution in [3.63, 3.8) is 0 Å². The van der Waals surface area contributed by atoms with E-state index in [-0.39, 0.29) is 23.7 Å². The number of amides is 1. The molecule has 126 valence electrons. The summed E-state index contributed by atoms with van der Waals surface area (Å²) < 4.78 is 18.8. The van der Waals surface area contributed by atoms with E-state index in [4.69, 9.17) is 9.84 Å². The topological polar surface area (TPSA) is 75.6 Å². The Balaban J connectivity index is 1.81. The predicted molar refractivity (Wildman–Crippen MR) is 82.6 cm³/mol. The molecule has 3 atom stereocenters. The normalized spacial score (nSPS) is 21.7. The van der Waals surface area contributed by atoms with Gasteiger partial charge in [-0.05, 0) is 37.8 Å². The van der Waals surface area contributed by atoms with Crippen LogP contribution in [0.1, 0.15) is 32.6 Å². The van der Waals surface area contributed by atoms with Crippen LogP contribution in [0, 0.1) is 17.7 Å². The fraction of sp³-hybridized carbons (Fsp3) is 0.529. The maximum absolute atomic E-state index is 13.1. The molecule has 1 aliphatic carbocycles. The fourth-order valence-corrected chi connectivity index (χ4v) is 2.80. The highest BCUT2D eigenvalue weighted by molar-refractivity contribution is 5.80. The Morgan fingerprint density at radius 2 is 2.13 bits per heavy atom. The maximum Gasteiger partial charge on any atom is 0.306 e. The summed E-state index contributed by atoms with van der Waals surface area (Å²) in [5.41, 5.74) is 0. The Labute approximate surface area is 134 Å². The van der Waals surface area contributed by atoms with Crippen LogP contribution in [-0.2, 0) is 9.59 Å². The van der Waals surface area contributed by atoms with Gasteiger partial charge in [0.25, 0.3) is 0 Å². The quantitative estimate of drug-likeness (QED) is 0.809. The molecule has 2 rings (SSSR count). The first-order valence-corrected chi connectivity index (χ1v) is 7.92. The predicted octanol–water partition coefficient (Wildman–Crippen LogP) is 2.60. The van der Waals surface area contributed by atoms with Gasteiger partial charge in [-0.1, -0.05) is 13.0 Å². The highest BCUT2D eigenvalue weighted by Crippen LogP contribution is 2.31. The van der Waals surface area contributed by atoms with Crippen LogP contribution >= 0.6 is 0 Å². The molecule has 0 bridgehead atoms. The molecule has 6 heteroatoms. The monoisotopic (exact) mass is 323 g/mol. The number of carbonyl (C=O) groups is 2. The Morgan fingerprint density at radius 1 is 1.39 bits per heavy atom. The zero-order valence-corrected chi connectivity index (χ0v) is 13.1. The number of hydrogen-bond donors (Lipinski definition) is 2. The van der Waals surface area contributed by atoms with E-state index in [1.807, 2.05) is 6.92 Å². The SMILES string of the molecule is CCC(CNC(=O)[C@@H]1CC[C@H](C(=O)O)C1)Oc1cccc(F)c1. The van der Waals surface area contributed by atoms with Crippen LogP contribution in [0.25, 0.3) is 0 Å². The van der Waals surface area contributed by atoms with E-state index < -0.39 is 11.9 Å². The first-order chi connectivity index (χ1) is 11.0. The molecule has 1 saturated carbocycles. The molecule has 1 fully saturated rings. The lowest BCUT2D eigenvalue weighted by Crippen LogP contribution is -2.38. The standard InChI is InChI=1S/C17H22FNO4/c1-2-14(23-15-5-3-4-13(18)9-15)10-19-16(20)11-6-7-12(8-11)17(21)22/h3-5,9,11-12,14H,2,6-8,10H2,1H3,(H,19,20)(H,21,22)/t11-,12+,14?/m1/s1. The van der Waals surface area contributed by atoms with Gasteiger partial charge in [-0.15, -0.1) is 0 Å². The second-order valence-electron chi connectivity index (χ2n) is 5.90. The number of carbonyl (C=O) groups excluding carboxylic acids is 1. The number of nitrogens with one attached hydrogen (secondary N) is 1. The van der Waals surface area contributed by atoms with Gasteiger partial charge in [0.05, 0.1) is 12.5 Å². The number of carboxylic acids is 1. The third kappa shape index (κ3) is 4.94. The van der Waals surface area contributed by atoms with Crippen molar-refractivity contribution < 1.29 is 23.8 Å². The summed E-state index contributed by atoms with van der Waals surface area (Å²) in [7, 11) is 0. The zero-order valence-electron chi connectivity index (χ0n) is 13.1. The summed E-state index contributed by atoms with van der Waals surface area (Å²) in [6, 6.07) is 5.88. The second-order valence-corrected chi connectivity index (χ2v) is 5.90. The van der Waals surface area contributed by atoms with Gasteiger partial charge < -0.3 is 15.2 Å². The van der Waals surface area contributed by atoms with Crippen molar-refractivity contribution >= 4 is 11.9 Å². The van der Waals surface area contributed by atoms with Gasteiger partial charge in [0.15, 0.2) is 0 Å². The molecular weight excluding hydrogens is 301 g/mol. The average molecular weight is 323 g/mol. The van der Waals surface area contributed by atoms with E-state index in [9.17, 15) is 14.0 Å². The Hall–Kier alpha value is -2.11. The molecular formula is C17H22FNO4. The van der Waals surface area contributed by atoms with Crippen molar-refractivity contribution in [3.05, 3.63) is 30.1 Å². The lowest BCUT2D eigenvalue weighted by Gasteiger charge is -2.19. The van der Waals surface area contributed by atoms with Gasteiger partial charge in [0, 0.05) is 12.0 Å². The van der Waals surface area contributed by atoms with Crippen molar-refractivity contribution in [2.75, 3.05) is 6.54 Å². The van der Waals surface area contributed by atoms with Gasteiger partial charge in [-0.25, -0.2) is 4.39 Å². The molecule has 0 saturated heterocycles. The average Bonchev–Trinajstić information content (AvgIpc) is 3.01.